The van der Waals surface area contributed by atoms with Crippen molar-refractivity contribution in [2.45, 2.75) is 25.4 Å². The molecule has 5 N–H and O–H groups in total. The molecule has 1 atom stereocenters. The highest BCUT2D eigenvalue weighted by atomic mass is 16.5. The Bertz CT molecular complexity index is 609. The minimum atomic E-state index is -0.645. The summed E-state index contributed by atoms with van der Waals surface area (Å²) in [6, 6.07) is 15.0. The third kappa shape index (κ3) is 4.45. The normalized spacial score (nSPS) is 12.9. The molecule has 0 saturated carbocycles. The lowest BCUT2D eigenvalue weighted by Gasteiger charge is -2.26. The maximum Gasteiger partial charge on any atom is 0.119 e. The number of phenolic OH excluding ortho intramolecular Hbond substituents is 1. The Morgan fingerprint density at radius 1 is 1.04 bits per heavy atom. The summed E-state index contributed by atoms with van der Waals surface area (Å²) in [5, 5.41) is 19.0. The molecule has 23 heavy (non-hydrogen) atoms. The monoisotopic (exact) mass is 316 g/mol. The predicted octanol–water partition coefficient (Wildman–Crippen LogP) is 1.92. The highest BCUT2D eigenvalue weighted by Gasteiger charge is 2.23. The van der Waals surface area contributed by atoms with Crippen LogP contribution in [0.5, 0.6) is 11.5 Å². The van der Waals surface area contributed by atoms with Gasteiger partial charge in [-0.25, -0.2) is 0 Å². The van der Waals surface area contributed by atoms with E-state index in [1.165, 1.54) is 0 Å². The molecule has 0 spiro atoms. The van der Waals surface area contributed by atoms with Crippen LogP contribution in [-0.4, -0.2) is 29.5 Å². The molecule has 0 aliphatic carbocycles. The van der Waals surface area contributed by atoms with Gasteiger partial charge in [-0.05, 0) is 35.4 Å². The highest BCUT2D eigenvalue weighted by molar-refractivity contribution is 5.41. The van der Waals surface area contributed by atoms with Gasteiger partial charge in [-0.3, -0.25) is 11.3 Å². The third-order valence-corrected chi connectivity index (χ3v) is 3.96. The van der Waals surface area contributed by atoms with Crippen molar-refractivity contribution in [2.24, 2.45) is 5.84 Å². The van der Waals surface area contributed by atoms with Gasteiger partial charge >= 0.3 is 0 Å². The zero-order valence-corrected chi connectivity index (χ0v) is 13.5. The Labute approximate surface area is 136 Å². The fourth-order valence-electron chi connectivity index (χ4n) is 2.40. The van der Waals surface area contributed by atoms with E-state index in [1.807, 2.05) is 36.4 Å². The molecule has 0 aliphatic rings. The molecule has 2 aromatic carbocycles. The van der Waals surface area contributed by atoms with Gasteiger partial charge in [0.1, 0.15) is 24.2 Å². The molecule has 0 saturated heterocycles. The number of aromatic hydroxyl groups is 1. The number of phenols is 1. The molecule has 0 heterocycles. The largest absolute Gasteiger partial charge is 0.508 e. The number of hydrogen-bond acceptors (Lipinski definition) is 5. The van der Waals surface area contributed by atoms with E-state index < -0.39 is 6.10 Å². The second kappa shape index (κ2) is 7.46. The van der Waals surface area contributed by atoms with Crippen LogP contribution in [0.15, 0.2) is 48.5 Å². The fourth-order valence-corrected chi connectivity index (χ4v) is 2.40. The molecule has 5 heteroatoms. The van der Waals surface area contributed by atoms with E-state index in [0.29, 0.717) is 5.75 Å². The number of benzene rings is 2. The van der Waals surface area contributed by atoms with Crippen molar-refractivity contribution in [3.63, 3.8) is 0 Å². The van der Waals surface area contributed by atoms with Crippen molar-refractivity contribution in [2.75, 3.05) is 13.2 Å². The van der Waals surface area contributed by atoms with Gasteiger partial charge in [-0.2, -0.15) is 0 Å². The molecule has 124 valence electrons. The van der Waals surface area contributed by atoms with Crippen LogP contribution in [0.2, 0.25) is 0 Å². The zero-order valence-electron chi connectivity index (χ0n) is 13.5. The number of hydrazine groups is 1. The van der Waals surface area contributed by atoms with Gasteiger partial charge in [0, 0.05) is 12.0 Å². The van der Waals surface area contributed by atoms with Crippen LogP contribution in [0.1, 0.15) is 25.0 Å². The standard InChI is InChI=1S/C18H24N2O3/c1-18(2,13-3-7-15(21)8-4-13)14-5-9-17(10-6-14)23-12-16(22)11-20-19/h3-10,16,20-22H,11-12,19H2,1-2H3. The maximum atomic E-state index is 9.58. The van der Waals surface area contributed by atoms with E-state index >= 15 is 0 Å². The van der Waals surface area contributed by atoms with E-state index in [2.05, 4.69) is 19.3 Å². The maximum absolute atomic E-state index is 9.58. The number of ether oxygens (including phenoxy) is 1. The van der Waals surface area contributed by atoms with Crippen LogP contribution < -0.4 is 16.0 Å². The molecule has 1 unspecified atom stereocenters. The topological polar surface area (TPSA) is 87.7 Å². The third-order valence-electron chi connectivity index (χ3n) is 3.96. The summed E-state index contributed by atoms with van der Waals surface area (Å²) >= 11 is 0. The Balaban J connectivity index is 2.07. The average molecular weight is 316 g/mol. The number of nitrogens with one attached hydrogen (secondary N) is 1. The minimum absolute atomic E-state index is 0.185. The summed E-state index contributed by atoms with van der Waals surface area (Å²) in [4.78, 5) is 0. The highest BCUT2D eigenvalue weighted by Crippen LogP contribution is 2.33. The first-order chi connectivity index (χ1) is 10.9. The Kier molecular flexibility index (Phi) is 5.60. The molecular weight excluding hydrogens is 292 g/mol. The van der Waals surface area contributed by atoms with Crippen LogP contribution in [-0.2, 0) is 5.41 Å². The summed E-state index contributed by atoms with van der Waals surface area (Å²) in [5.74, 6) is 6.11. The minimum Gasteiger partial charge on any atom is -0.508 e. The van der Waals surface area contributed by atoms with Gasteiger partial charge < -0.3 is 14.9 Å². The van der Waals surface area contributed by atoms with Crippen LogP contribution >= 0.6 is 0 Å². The van der Waals surface area contributed by atoms with Crippen LogP contribution in [0, 0.1) is 0 Å². The molecule has 2 aromatic rings. The van der Waals surface area contributed by atoms with Crippen LogP contribution in [0.4, 0.5) is 0 Å². The lowest BCUT2D eigenvalue weighted by molar-refractivity contribution is 0.106. The van der Waals surface area contributed by atoms with Gasteiger partial charge in [-0.15, -0.1) is 0 Å². The smallest absolute Gasteiger partial charge is 0.119 e. The first-order valence-electron chi connectivity index (χ1n) is 7.58. The Hall–Kier alpha value is -2.08. The lowest BCUT2D eigenvalue weighted by atomic mass is 9.78. The molecule has 5 nitrogen and oxygen atoms in total. The number of aliphatic hydroxyl groups is 1. The van der Waals surface area contributed by atoms with Crippen LogP contribution in [0.25, 0.3) is 0 Å². The summed E-state index contributed by atoms with van der Waals surface area (Å²) < 4.78 is 5.53. The lowest BCUT2D eigenvalue weighted by Crippen LogP contribution is -2.35. The first kappa shape index (κ1) is 17.3. The molecule has 2 rings (SSSR count). The fraction of sp³-hybridized carbons (Fsp3) is 0.333. The molecule has 0 aromatic heterocycles. The Morgan fingerprint density at radius 3 is 2.09 bits per heavy atom. The van der Waals surface area contributed by atoms with E-state index in [9.17, 15) is 10.2 Å². The second-order valence-corrected chi connectivity index (χ2v) is 6.07. The van der Waals surface area contributed by atoms with Gasteiger partial charge in [0.25, 0.3) is 0 Å². The van der Waals surface area contributed by atoms with Crippen molar-refractivity contribution in [1.29, 1.82) is 0 Å². The van der Waals surface area contributed by atoms with E-state index in [-0.39, 0.29) is 24.3 Å². The van der Waals surface area contributed by atoms with Gasteiger partial charge in [-0.1, -0.05) is 38.1 Å². The van der Waals surface area contributed by atoms with E-state index in [4.69, 9.17) is 10.6 Å². The molecule has 0 radical (unpaired) electrons. The number of nitrogens with two attached hydrogens (primary N) is 1. The molecule has 0 amide bonds. The summed E-state index contributed by atoms with van der Waals surface area (Å²) in [5.41, 5.74) is 4.48. The number of aliphatic hydroxyl groups excluding tert-OH is 1. The molecule has 0 bridgehead atoms. The van der Waals surface area contributed by atoms with Gasteiger partial charge in [0.05, 0.1) is 0 Å². The van der Waals surface area contributed by atoms with Crippen molar-refractivity contribution >= 4 is 0 Å². The van der Waals surface area contributed by atoms with E-state index in [0.717, 1.165) is 11.1 Å². The Morgan fingerprint density at radius 2 is 1.57 bits per heavy atom. The first-order valence-corrected chi connectivity index (χ1v) is 7.58. The summed E-state index contributed by atoms with van der Waals surface area (Å²) in [6.07, 6.45) is -0.645. The number of hydrogen-bond donors (Lipinski definition) is 4. The second-order valence-electron chi connectivity index (χ2n) is 6.07. The predicted molar refractivity (Wildman–Crippen MR) is 90.4 cm³/mol. The molecule has 0 fully saturated rings. The van der Waals surface area contributed by atoms with Crippen molar-refractivity contribution in [3.8, 4) is 11.5 Å². The molecule has 0 aliphatic heterocycles. The van der Waals surface area contributed by atoms with Gasteiger partial charge in [0.2, 0.25) is 0 Å². The quantitative estimate of drug-likeness (QED) is 0.463. The van der Waals surface area contributed by atoms with Crippen molar-refractivity contribution < 1.29 is 14.9 Å². The summed E-state index contributed by atoms with van der Waals surface area (Å²) in [6.45, 7) is 4.73. The van der Waals surface area contributed by atoms with E-state index in [1.54, 1.807) is 12.1 Å². The van der Waals surface area contributed by atoms with Crippen molar-refractivity contribution in [1.82, 2.24) is 5.43 Å². The molecular formula is C18H24N2O3. The van der Waals surface area contributed by atoms with Crippen LogP contribution in [0.3, 0.4) is 0 Å². The average Bonchev–Trinajstić information content (AvgIpc) is 2.54. The van der Waals surface area contributed by atoms with Gasteiger partial charge in [0.15, 0.2) is 0 Å². The zero-order chi connectivity index (χ0) is 16.9. The summed E-state index contributed by atoms with van der Waals surface area (Å²) in [7, 11) is 0. The SMILES string of the molecule is CC(C)(c1ccc(O)cc1)c1ccc(OCC(O)CNN)cc1. The number of rotatable bonds is 7. The van der Waals surface area contributed by atoms with Crippen molar-refractivity contribution in [3.05, 3.63) is 59.7 Å².